The Labute approximate surface area is 109 Å². The van der Waals surface area contributed by atoms with Crippen LogP contribution in [0.3, 0.4) is 0 Å². The largest absolute Gasteiger partial charge is 0.355 e. The maximum atomic E-state index is 12.1. The van der Waals surface area contributed by atoms with Crippen molar-refractivity contribution < 1.29 is 4.79 Å². The predicted molar refractivity (Wildman–Crippen MR) is 69.9 cm³/mol. The van der Waals surface area contributed by atoms with Crippen LogP contribution in [0.2, 0.25) is 0 Å². The van der Waals surface area contributed by atoms with Crippen LogP contribution in [-0.4, -0.2) is 18.5 Å². The number of halogens is 1. The molecule has 2 bridgehead atoms. The van der Waals surface area contributed by atoms with Gasteiger partial charge in [0.25, 0.3) is 0 Å². The van der Waals surface area contributed by atoms with Gasteiger partial charge < -0.3 is 11.1 Å². The summed E-state index contributed by atoms with van der Waals surface area (Å²) in [5, 5.41) is 3.12. The summed E-state index contributed by atoms with van der Waals surface area (Å²) in [4.78, 5) is 12.1. The fraction of sp³-hybridized carbons (Fsp3) is 0.923. The maximum absolute atomic E-state index is 12.1. The van der Waals surface area contributed by atoms with Gasteiger partial charge in [-0.15, -0.1) is 12.4 Å². The van der Waals surface area contributed by atoms with Crippen LogP contribution in [0.15, 0.2) is 0 Å². The molecule has 0 heterocycles. The molecule has 3 aliphatic carbocycles. The summed E-state index contributed by atoms with van der Waals surface area (Å²) in [5.74, 6) is 1.54. The molecule has 3 aliphatic rings. The lowest BCUT2D eigenvalue weighted by molar-refractivity contribution is -0.127. The first-order chi connectivity index (χ1) is 7.59. The lowest BCUT2D eigenvalue weighted by atomic mass is 9.84. The van der Waals surface area contributed by atoms with Crippen LogP contribution in [0.5, 0.6) is 0 Å². The number of hydrogen-bond acceptors (Lipinski definition) is 2. The Hall–Kier alpha value is -0.280. The second-order valence-corrected chi connectivity index (χ2v) is 6.46. The van der Waals surface area contributed by atoms with E-state index >= 15 is 0 Å². The van der Waals surface area contributed by atoms with Crippen LogP contribution >= 0.6 is 12.4 Å². The molecule has 0 aromatic rings. The SMILES string of the molecule is CC1(CNC(=O)C2C3CCC(C3)C2N)CC1.Cl. The van der Waals surface area contributed by atoms with E-state index in [-0.39, 0.29) is 30.3 Å². The predicted octanol–water partition coefficient (Wildman–Crippen LogP) is 1.70. The van der Waals surface area contributed by atoms with Crippen molar-refractivity contribution >= 4 is 18.3 Å². The van der Waals surface area contributed by atoms with E-state index in [1.807, 2.05) is 0 Å². The van der Waals surface area contributed by atoms with Gasteiger partial charge >= 0.3 is 0 Å². The molecule has 0 spiro atoms. The normalized spacial score (nSPS) is 40.8. The maximum Gasteiger partial charge on any atom is 0.224 e. The third kappa shape index (κ3) is 2.32. The molecule has 0 aliphatic heterocycles. The molecule has 0 aromatic carbocycles. The van der Waals surface area contributed by atoms with E-state index < -0.39 is 0 Å². The van der Waals surface area contributed by atoms with Crippen molar-refractivity contribution in [3.8, 4) is 0 Å². The van der Waals surface area contributed by atoms with E-state index in [1.54, 1.807) is 0 Å². The quantitative estimate of drug-likeness (QED) is 0.810. The Morgan fingerprint density at radius 1 is 1.35 bits per heavy atom. The second kappa shape index (κ2) is 4.43. The van der Waals surface area contributed by atoms with E-state index in [4.69, 9.17) is 5.73 Å². The number of fused-ring (bicyclic) bond motifs is 2. The highest BCUT2D eigenvalue weighted by Gasteiger charge is 2.49. The van der Waals surface area contributed by atoms with Crippen molar-refractivity contribution in [1.82, 2.24) is 5.32 Å². The van der Waals surface area contributed by atoms with E-state index in [1.165, 1.54) is 32.1 Å². The van der Waals surface area contributed by atoms with E-state index in [2.05, 4.69) is 12.2 Å². The van der Waals surface area contributed by atoms with Gasteiger partial charge in [-0.3, -0.25) is 4.79 Å². The van der Waals surface area contributed by atoms with Gasteiger partial charge in [-0.2, -0.15) is 0 Å². The zero-order chi connectivity index (χ0) is 11.3. The van der Waals surface area contributed by atoms with Crippen molar-refractivity contribution in [1.29, 1.82) is 0 Å². The van der Waals surface area contributed by atoms with Crippen LogP contribution in [0.1, 0.15) is 39.0 Å². The molecule has 4 heteroatoms. The first-order valence-corrected chi connectivity index (χ1v) is 6.62. The van der Waals surface area contributed by atoms with Crippen LogP contribution in [0.4, 0.5) is 0 Å². The molecule has 0 radical (unpaired) electrons. The van der Waals surface area contributed by atoms with E-state index in [0.717, 1.165) is 6.54 Å². The van der Waals surface area contributed by atoms with Crippen molar-refractivity contribution in [2.45, 2.75) is 45.1 Å². The third-order valence-corrected chi connectivity index (χ3v) is 5.08. The Bertz CT molecular complexity index is 315. The van der Waals surface area contributed by atoms with Gasteiger partial charge in [-0.25, -0.2) is 0 Å². The molecule has 98 valence electrons. The van der Waals surface area contributed by atoms with Gasteiger partial charge in [-0.05, 0) is 49.4 Å². The number of nitrogens with one attached hydrogen (secondary N) is 1. The van der Waals surface area contributed by atoms with Gasteiger partial charge in [0.05, 0.1) is 5.92 Å². The third-order valence-electron chi connectivity index (χ3n) is 5.08. The zero-order valence-electron chi connectivity index (χ0n) is 10.4. The number of carbonyl (C=O) groups is 1. The summed E-state index contributed by atoms with van der Waals surface area (Å²) >= 11 is 0. The minimum Gasteiger partial charge on any atom is -0.355 e. The summed E-state index contributed by atoms with van der Waals surface area (Å²) in [6.45, 7) is 3.10. The van der Waals surface area contributed by atoms with Crippen LogP contribution in [0.25, 0.3) is 0 Å². The van der Waals surface area contributed by atoms with Gasteiger partial charge in [0.15, 0.2) is 0 Å². The van der Waals surface area contributed by atoms with Crippen molar-refractivity contribution in [2.24, 2.45) is 28.9 Å². The number of carbonyl (C=O) groups excluding carboxylic acids is 1. The molecule has 0 aromatic heterocycles. The highest BCUT2D eigenvalue weighted by molar-refractivity contribution is 5.85. The molecule has 4 atom stereocenters. The zero-order valence-corrected chi connectivity index (χ0v) is 11.3. The fourth-order valence-corrected chi connectivity index (χ4v) is 3.53. The molecule has 3 nitrogen and oxygen atoms in total. The molecule has 3 saturated carbocycles. The summed E-state index contributed by atoms with van der Waals surface area (Å²) in [5.41, 5.74) is 6.56. The molecule has 17 heavy (non-hydrogen) atoms. The Morgan fingerprint density at radius 3 is 2.53 bits per heavy atom. The summed E-state index contributed by atoms with van der Waals surface area (Å²) < 4.78 is 0. The van der Waals surface area contributed by atoms with Gasteiger partial charge in [0.2, 0.25) is 5.91 Å². The smallest absolute Gasteiger partial charge is 0.224 e. The summed E-state index contributed by atoms with van der Waals surface area (Å²) in [6, 6.07) is 0.130. The molecule has 3 fully saturated rings. The van der Waals surface area contributed by atoms with Crippen molar-refractivity contribution in [3.63, 3.8) is 0 Å². The number of hydrogen-bond donors (Lipinski definition) is 2. The molecular formula is C13H23ClN2O. The van der Waals surface area contributed by atoms with Crippen LogP contribution in [-0.2, 0) is 4.79 Å². The minimum absolute atomic E-state index is 0. The minimum atomic E-state index is 0. The molecule has 3 N–H and O–H groups in total. The molecule has 0 saturated heterocycles. The monoisotopic (exact) mass is 258 g/mol. The first kappa shape index (κ1) is 13.2. The van der Waals surface area contributed by atoms with E-state index in [0.29, 0.717) is 17.3 Å². The van der Waals surface area contributed by atoms with Gasteiger partial charge in [0.1, 0.15) is 0 Å². The average molecular weight is 259 g/mol. The second-order valence-electron chi connectivity index (χ2n) is 6.46. The average Bonchev–Trinajstić information content (AvgIpc) is 2.73. The number of amides is 1. The van der Waals surface area contributed by atoms with E-state index in [9.17, 15) is 4.79 Å². The molecule has 1 amide bonds. The van der Waals surface area contributed by atoms with Gasteiger partial charge in [0, 0.05) is 12.6 Å². The molecule has 4 unspecified atom stereocenters. The van der Waals surface area contributed by atoms with Crippen molar-refractivity contribution in [2.75, 3.05) is 6.54 Å². The van der Waals surface area contributed by atoms with Crippen LogP contribution in [0, 0.1) is 23.2 Å². The van der Waals surface area contributed by atoms with Crippen LogP contribution < -0.4 is 11.1 Å². The number of nitrogens with two attached hydrogens (primary N) is 1. The summed E-state index contributed by atoms with van der Waals surface area (Å²) in [6.07, 6.45) is 6.17. The number of rotatable bonds is 3. The Morgan fingerprint density at radius 2 is 2.00 bits per heavy atom. The topological polar surface area (TPSA) is 55.1 Å². The highest BCUT2D eigenvalue weighted by atomic mass is 35.5. The molecular weight excluding hydrogens is 236 g/mol. The Balaban J connectivity index is 0.00000108. The fourth-order valence-electron chi connectivity index (χ4n) is 3.53. The lowest BCUT2D eigenvalue weighted by Crippen LogP contribution is -2.46. The standard InChI is InChI=1S/C13H22N2O.ClH/c1-13(4-5-13)7-15-12(16)10-8-2-3-9(6-8)11(10)14;/h8-11H,2-7,14H2,1H3,(H,15,16);1H. The van der Waals surface area contributed by atoms with Gasteiger partial charge in [-0.1, -0.05) is 6.92 Å². The highest BCUT2D eigenvalue weighted by Crippen LogP contribution is 2.48. The van der Waals surface area contributed by atoms with Crippen molar-refractivity contribution in [3.05, 3.63) is 0 Å². The molecule has 3 rings (SSSR count). The first-order valence-electron chi connectivity index (χ1n) is 6.62. The summed E-state index contributed by atoms with van der Waals surface area (Å²) in [7, 11) is 0. The lowest BCUT2D eigenvalue weighted by Gasteiger charge is -2.27. The Kier molecular flexibility index (Phi) is 3.43.